The SMILES string of the molecule is Cc1nccn1-c1ccc(C(C)NC(=O)C2CCCCC2(C)N)cc1. The first-order chi connectivity index (χ1) is 11.9. The van der Waals surface area contributed by atoms with Crippen LogP contribution in [0.25, 0.3) is 5.69 Å². The predicted octanol–water partition coefficient (Wildman–Crippen LogP) is 3.27. The number of nitrogens with one attached hydrogen (secondary N) is 1. The van der Waals surface area contributed by atoms with Crippen molar-refractivity contribution in [2.24, 2.45) is 11.7 Å². The van der Waals surface area contributed by atoms with E-state index in [-0.39, 0.29) is 17.9 Å². The summed E-state index contributed by atoms with van der Waals surface area (Å²) in [5, 5.41) is 3.15. The van der Waals surface area contributed by atoms with Gasteiger partial charge in [-0.15, -0.1) is 0 Å². The summed E-state index contributed by atoms with van der Waals surface area (Å²) in [6.45, 7) is 6.00. The average Bonchev–Trinajstić information content (AvgIpc) is 3.00. The smallest absolute Gasteiger partial charge is 0.225 e. The van der Waals surface area contributed by atoms with Crippen molar-refractivity contribution in [3.05, 3.63) is 48.0 Å². The molecule has 1 heterocycles. The maximum Gasteiger partial charge on any atom is 0.225 e. The van der Waals surface area contributed by atoms with Gasteiger partial charge in [-0.1, -0.05) is 25.0 Å². The van der Waals surface area contributed by atoms with E-state index in [9.17, 15) is 4.79 Å². The zero-order chi connectivity index (χ0) is 18.0. The van der Waals surface area contributed by atoms with Crippen LogP contribution >= 0.6 is 0 Å². The van der Waals surface area contributed by atoms with E-state index in [4.69, 9.17) is 5.73 Å². The molecule has 1 aliphatic carbocycles. The molecule has 3 atom stereocenters. The number of carbonyl (C=O) groups is 1. The van der Waals surface area contributed by atoms with Crippen molar-refractivity contribution in [1.82, 2.24) is 14.9 Å². The molecule has 0 aliphatic heterocycles. The highest BCUT2D eigenvalue weighted by Crippen LogP contribution is 2.32. The van der Waals surface area contributed by atoms with Gasteiger partial charge in [-0.2, -0.15) is 0 Å². The maximum absolute atomic E-state index is 12.7. The van der Waals surface area contributed by atoms with E-state index in [1.54, 1.807) is 6.20 Å². The molecule has 1 amide bonds. The van der Waals surface area contributed by atoms with Crippen LogP contribution in [0.1, 0.15) is 57.0 Å². The van der Waals surface area contributed by atoms with Crippen molar-refractivity contribution >= 4 is 5.91 Å². The Hall–Kier alpha value is -2.14. The zero-order valence-corrected chi connectivity index (χ0v) is 15.3. The van der Waals surface area contributed by atoms with Gasteiger partial charge in [0.2, 0.25) is 5.91 Å². The molecular formula is C20H28N4O. The number of aryl methyl sites for hydroxylation is 1. The van der Waals surface area contributed by atoms with E-state index in [0.717, 1.165) is 42.8 Å². The van der Waals surface area contributed by atoms with E-state index >= 15 is 0 Å². The molecule has 25 heavy (non-hydrogen) atoms. The van der Waals surface area contributed by atoms with E-state index in [0.29, 0.717) is 0 Å². The number of aromatic nitrogens is 2. The Morgan fingerprint density at radius 2 is 2.08 bits per heavy atom. The lowest BCUT2D eigenvalue weighted by molar-refractivity contribution is -0.128. The number of rotatable bonds is 4. The standard InChI is InChI=1S/C20H28N4O/c1-14(23-19(25)18-6-4-5-11-20(18,3)21)16-7-9-17(10-8-16)24-13-12-22-15(24)2/h7-10,12-14,18H,4-6,11,21H2,1-3H3,(H,23,25). The zero-order valence-electron chi connectivity index (χ0n) is 15.3. The number of imidazole rings is 1. The monoisotopic (exact) mass is 340 g/mol. The van der Waals surface area contributed by atoms with Crippen molar-refractivity contribution < 1.29 is 4.79 Å². The average molecular weight is 340 g/mol. The third kappa shape index (κ3) is 3.76. The molecule has 0 spiro atoms. The van der Waals surface area contributed by atoms with E-state index in [1.165, 1.54) is 0 Å². The first-order valence-corrected chi connectivity index (χ1v) is 9.08. The minimum Gasteiger partial charge on any atom is -0.349 e. The number of carbonyl (C=O) groups excluding carboxylic acids is 1. The van der Waals surface area contributed by atoms with Crippen molar-refractivity contribution in [2.45, 2.75) is 58.0 Å². The van der Waals surface area contributed by atoms with Gasteiger partial charge < -0.3 is 15.6 Å². The quantitative estimate of drug-likeness (QED) is 0.897. The van der Waals surface area contributed by atoms with Gasteiger partial charge in [-0.25, -0.2) is 4.98 Å². The van der Waals surface area contributed by atoms with Gasteiger partial charge in [0.05, 0.1) is 12.0 Å². The Morgan fingerprint density at radius 1 is 1.36 bits per heavy atom. The molecule has 1 aromatic heterocycles. The lowest BCUT2D eigenvalue weighted by atomic mass is 9.74. The third-order valence-corrected chi connectivity index (χ3v) is 5.43. The molecule has 0 radical (unpaired) electrons. The Labute approximate surface area is 149 Å². The van der Waals surface area contributed by atoms with Crippen molar-refractivity contribution in [2.75, 3.05) is 0 Å². The second-order valence-corrected chi connectivity index (χ2v) is 7.47. The van der Waals surface area contributed by atoms with E-state index < -0.39 is 5.54 Å². The summed E-state index contributed by atoms with van der Waals surface area (Å²) in [5.74, 6) is 0.928. The van der Waals surface area contributed by atoms with Crippen LogP contribution in [-0.2, 0) is 4.79 Å². The normalized spacial score (nSPS) is 24.7. The second-order valence-electron chi connectivity index (χ2n) is 7.47. The fraction of sp³-hybridized carbons (Fsp3) is 0.500. The molecule has 2 aromatic rings. The molecule has 1 aliphatic rings. The van der Waals surface area contributed by atoms with Crippen molar-refractivity contribution in [3.63, 3.8) is 0 Å². The molecule has 5 heteroatoms. The van der Waals surface area contributed by atoms with Gasteiger partial charge in [0.1, 0.15) is 5.82 Å². The molecule has 0 saturated heterocycles. The summed E-state index contributed by atoms with van der Waals surface area (Å²) in [6.07, 6.45) is 7.73. The fourth-order valence-electron chi connectivity index (χ4n) is 3.76. The minimum absolute atomic E-state index is 0.0387. The summed E-state index contributed by atoms with van der Waals surface area (Å²) in [5.41, 5.74) is 8.11. The summed E-state index contributed by atoms with van der Waals surface area (Å²) in [6, 6.07) is 8.19. The van der Waals surface area contributed by atoms with Crippen LogP contribution in [0.15, 0.2) is 36.7 Å². The molecule has 5 nitrogen and oxygen atoms in total. The van der Waals surface area contributed by atoms with Crippen LogP contribution in [0.2, 0.25) is 0 Å². The number of nitrogens with two attached hydrogens (primary N) is 1. The van der Waals surface area contributed by atoms with Crippen LogP contribution in [0, 0.1) is 12.8 Å². The fourth-order valence-corrected chi connectivity index (χ4v) is 3.76. The Kier molecular flexibility index (Phi) is 4.95. The second kappa shape index (κ2) is 7.00. The highest BCUT2D eigenvalue weighted by atomic mass is 16.2. The van der Waals surface area contributed by atoms with Gasteiger partial charge in [-0.05, 0) is 51.3 Å². The number of hydrogen-bond donors (Lipinski definition) is 2. The van der Waals surface area contributed by atoms with Gasteiger partial charge >= 0.3 is 0 Å². The first kappa shape index (κ1) is 17.7. The molecule has 3 N–H and O–H groups in total. The lowest BCUT2D eigenvalue weighted by Gasteiger charge is -2.37. The van der Waals surface area contributed by atoms with E-state index in [1.807, 2.05) is 31.5 Å². The van der Waals surface area contributed by atoms with E-state index in [2.05, 4.69) is 34.6 Å². The highest BCUT2D eigenvalue weighted by molar-refractivity contribution is 5.80. The molecule has 3 rings (SSSR count). The van der Waals surface area contributed by atoms with Crippen LogP contribution in [0.3, 0.4) is 0 Å². The summed E-state index contributed by atoms with van der Waals surface area (Å²) in [7, 11) is 0. The first-order valence-electron chi connectivity index (χ1n) is 9.08. The number of amides is 1. The van der Waals surface area contributed by atoms with Crippen LogP contribution < -0.4 is 11.1 Å². The summed E-state index contributed by atoms with van der Waals surface area (Å²) in [4.78, 5) is 16.9. The molecule has 134 valence electrons. The molecule has 1 fully saturated rings. The van der Waals surface area contributed by atoms with Gasteiger partial charge in [0, 0.05) is 23.6 Å². The Morgan fingerprint density at radius 3 is 2.68 bits per heavy atom. The molecule has 1 saturated carbocycles. The lowest BCUT2D eigenvalue weighted by Crippen LogP contribution is -2.53. The van der Waals surface area contributed by atoms with Crippen molar-refractivity contribution in [1.29, 1.82) is 0 Å². The van der Waals surface area contributed by atoms with Gasteiger partial charge in [0.15, 0.2) is 0 Å². The molecule has 0 bridgehead atoms. The van der Waals surface area contributed by atoms with Gasteiger partial charge in [0.25, 0.3) is 0 Å². The minimum atomic E-state index is -0.398. The Bertz CT molecular complexity index is 732. The van der Waals surface area contributed by atoms with Crippen LogP contribution in [-0.4, -0.2) is 21.0 Å². The number of nitrogens with zero attached hydrogens (tertiary/aromatic N) is 2. The molecule has 3 unspecified atom stereocenters. The third-order valence-electron chi connectivity index (χ3n) is 5.43. The van der Waals surface area contributed by atoms with Crippen molar-refractivity contribution in [3.8, 4) is 5.69 Å². The topological polar surface area (TPSA) is 72.9 Å². The largest absolute Gasteiger partial charge is 0.349 e. The number of benzene rings is 1. The highest BCUT2D eigenvalue weighted by Gasteiger charge is 2.38. The Balaban J connectivity index is 1.68. The molecule has 1 aromatic carbocycles. The van der Waals surface area contributed by atoms with Crippen LogP contribution in [0.5, 0.6) is 0 Å². The number of hydrogen-bond acceptors (Lipinski definition) is 3. The predicted molar refractivity (Wildman–Crippen MR) is 99.4 cm³/mol. The van der Waals surface area contributed by atoms with Crippen LogP contribution in [0.4, 0.5) is 0 Å². The van der Waals surface area contributed by atoms with Gasteiger partial charge in [-0.3, -0.25) is 4.79 Å². The molecular weight excluding hydrogens is 312 g/mol. The summed E-state index contributed by atoms with van der Waals surface area (Å²) >= 11 is 0. The maximum atomic E-state index is 12.7. The summed E-state index contributed by atoms with van der Waals surface area (Å²) < 4.78 is 2.04.